The highest BCUT2D eigenvalue weighted by molar-refractivity contribution is 8.00. The van der Waals surface area contributed by atoms with Crippen molar-refractivity contribution in [1.82, 2.24) is 4.90 Å². The van der Waals surface area contributed by atoms with Gasteiger partial charge in [0.2, 0.25) is 5.91 Å². The normalized spacial score (nSPS) is 14.6. The van der Waals surface area contributed by atoms with Gasteiger partial charge in [-0.15, -0.1) is 11.8 Å². The summed E-state index contributed by atoms with van der Waals surface area (Å²) in [5.41, 5.74) is 6.68. The molecule has 0 radical (unpaired) electrons. The molecule has 2 N–H and O–H groups in total. The number of benzene rings is 1. The quantitative estimate of drug-likeness (QED) is 0.802. The van der Waals surface area contributed by atoms with Crippen LogP contribution in [0.3, 0.4) is 0 Å². The van der Waals surface area contributed by atoms with E-state index in [2.05, 4.69) is 6.92 Å². The molecule has 0 unspecified atom stereocenters. The van der Waals surface area contributed by atoms with Gasteiger partial charge in [0.15, 0.2) is 0 Å². The minimum atomic E-state index is 0.257. The molecule has 0 atom stereocenters. The van der Waals surface area contributed by atoms with Crippen LogP contribution in [0.2, 0.25) is 0 Å². The number of nitrogens with zero attached hydrogens (tertiary/aromatic N) is 1. The number of thioether (sulfide) groups is 1. The molecule has 98 valence electrons. The minimum absolute atomic E-state index is 0.257. The van der Waals surface area contributed by atoms with E-state index in [1.165, 1.54) is 12.8 Å². The maximum absolute atomic E-state index is 12.0. The van der Waals surface area contributed by atoms with E-state index >= 15 is 0 Å². The van der Waals surface area contributed by atoms with Gasteiger partial charge < -0.3 is 10.6 Å². The van der Waals surface area contributed by atoms with Gasteiger partial charge in [-0.1, -0.05) is 12.1 Å². The molecule has 4 heteroatoms. The lowest BCUT2D eigenvalue weighted by Crippen LogP contribution is -2.34. The van der Waals surface area contributed by atoms with E-state index in [-0.39, 0.29) is 5.91 Å². The van der Waals surface area contributed by atoms with Crippen LogP contribution in [0.1, 0.15) is 25.3 Å². The first-order valence-corrected chi connectivity index (χ1v) is 7.44. The molecular weight excluding hydrogens is 244 g/mol. The highest BCUT2D eigenvalue weighted by atomic mass is 32.2. The van der Waals surface area contributed by atoms with Crippen molar-refractivity contribution in [2.45, 2.75) is 37.2 Å². The topological polar surface area (TPSA) is 46.3 Å². The van der Waals surface area contributed by atoms with Crippen LogP contribution in [0.4, 0.5) is 0 Å². The Morgan fingerprint density at radius 3 is 2.56 bits per heavy atom. The highest BCUT2D eigenvalue weighted by Crippen LogP contribution is 2.28. The molecule has 1 aliphatic rings. The SMILES string of the molecule is CCN(C(=O)CSc1ccc(CN)cc1)C1CC1. The zero-order chi connectivity index (χ0) is 13.0. The van der Waals surface area contributed by atoms with Crippen molar-refractivity contribution in [3.05, 3.63) is 29.8 Å². The lowest BCUT2D eigenvalue weighted by molar-refractivity contribution is -0.128. The van der Waals surface area contributed by atoms with Gasteiger partial charge >= 0.3 is 0 Å². The number of carbonyl (C=O) groups excluding carboxylic acids is 1. The molecule has 18 heavy (non-hydrogen) atoms. The summed E-state index contributed by atoms with van der Waals surface area (Å²) >= 11 is 1.60. The van der Waals surface area contributed by atoms with E-state index in [9.17, 15) is 4.79 Å². The van der Waals surface area contributed by atoms with Crippen LogP contribution in [-0.2, 0) is 11.3 Å². The number of hydrogen-bond acceptors (Lipinski definition) is 3. The van der Waals surface area contributed by atoms with E-state index in [1.807, 2.05) is 29.2 Å². The van der Waals surface area contributed by atoms with Crippen molar-refractivity contribution in [3.63, 3.8) is 0 Å². The Labute approximate surface area is 113 Å². The molecule has 3 nitrogen and oxygen atoms in total. The fourth-order valence-electron chi connectivity index (χ4n) is 1.97. The molecule has 1 aliphatic carbocycles. The first kappa shape index (κ1) is 13.4. The summed E-state index contributed by atoms with van der Waals surface area (Å²) in [6.07, 6.45) is 2.35. The summed E-state index contributed by atoms with van der Waals surface area (Å²) in [6, 6.07) is 8.63. The van der Waals surface area contributed by atoms with E-state index in [0.29, 0.717) is 18.3 Å². The highest BCUT2D eigenvalue weighted by Gasteiger charge is 2.30. The zero-order valence-corrected chi connectivity index (χ0v) is 11.6. The largest absolute Gasteiger partial charge is 0.339 e. The summed E-state index contributed by atoms with van der Waals surface area (Å²) in [6.45, 7) is 3.45. The van der Waals surface area contributed by atoms with Crippen LogP contribution in [0.5, 0.6) is 0 Å². The summed E-state index contributed by atoms with van der Waals surface area (Å²) in [4.78, 5) is 15.2. The van der Waals surface area contributed by atoms with Gasteiger partial charge in [0, 0.05) is 24.0 Å². The molecular formula is C14H20N2OS. The average molecular weight is 264 g/mol. The zero-order valence-electron chi connectivity index (χ0n) is 10.8. The Kier molecular flexibility index (Phi) is 4.66. The van der Waals surface area contributed by atoms with Gasteiger partial charge in [-0.25, -0.2) is 0 Å². The molecule has 0 saturated heterocycles. The molecule has 0 bridgehead atoms. The van der Waals surface area contributed by atoms with Crippen molar-refractivity contribution in [1.29, 1.82) is 0 Å². The third kappa shape index (κ3) is 3.50. The smallest absolute Gasteiger partial charge is 0.233 e. The second-order valence-corrected chi connectivity index (χ2v) is 5.60. The molecule has 0 heterocycles. The number of hydrogen-bond donors (Lipinski definition) is 1. The molecule has 2 rings (SSSR count). The van der Waals surface area contributed by atoms with Gasteiger partial charge in [0.05, 0.1) is 5.75 Å². The summed E-state index contributed by atoms with van der Waals surface area (Å²) in [7, 11) is 0. The standard InChI is InChI=1S/C14H20N2OS/c1-2-16(12-5-6-12)14(17)10-18-13-7-3-11(9-15)4-8-13/h3-4,7-8,12H,2,5-6,9-10,15H2,1H3. The molecule has 0 aliphatic heterocycles. The molecule has 1 saturated carbocycles. The molecule has 1 aromatic carbocycles. The fourth-order valence-corrected chi connectivity index (χ4v) is 2.76. The van der Waals surface area contributed by atoms with Crippen molar-refractivity contribution in [3.8, 4) is 0 Å². The van der Waals surface area contributed by atoms with Gasteiger partial charge in [-0.05, 0) is 37.5 Å². The Bertz CT molecular complexity index is 401. The third-order valence-corrected chi connectivity index (χ3v) is 4.17. The van der Waals surface area contributed by atoms with Crippen molar-refractivity contribution in [2.75, 3.05) is 12.3 Å². The van der Waals surface area contributed by atoms with Crippen molar-refractivity contribution in [2.24, 2.45) is 5.73 Å². The monoisotopic (exact) mass is 264 g/mol. The van der Waals surface area contributed by atoms with E-state index in [4.69, 9.17) is 5.73 Å². The van der Waals surface area contributed by atoms with Gasteiger partial charge in [0.25, 0.3) is 0 Å². The Balaban J connectivity index is 1.84. The Hall–Kier alpha value is -1.00. The van der Waals surface area contributed by atoms with Crippen LogP contribution in [0.25, 0.3) is 0 Å². The lowest BCUT2D eigenvalue weighted by atomic mass is 10.2. The minimum Gasteiger partial charge on any atom is -0.339 e. The fraction of sp³-hybridized carbons (Fsp3) is 0.500. The summed E-state index contributed by atoms with van der Waals surface area (Å²) in [5.74, 6) is 0.791. The number of amides is 1. The van der Waals surface area contributed by atoms with Gasteiger partial charge in [0.1, 0.15) is 0 Å². The van der Waals surface area contributed by atoms with Crippen LogP contribution in [-0.4, -0.2) is 29.1 Å². The van der Waals surface area contributed by atoms with E-state index in [1.54, 1.807) is 11.8 Å². The van der Waals surface area contributed by atoms with Gasteiger partial charge in [-0.2, -0.15) is 0 Å². The molecule has 1 amide bonds. The Morgan fingerprint density at radius 1 is 1.39 bits per heavy atom. The van der Waals surface area contributed by atoms with E-state index in [0.717, 1.165) is 17.0 Å². The number of rotatable bonds is 6. The van der Waals surface area contributed by atoms with Crippen molar-refractivity contribution >= 4 is 17.7 Å². The average Bonchev–Trinajstić information content (AvgIpc) is 3.22. The molecule has 1 fully saturated rings. The first-order valence-electron chi connectivity index (χ1n) is 6.46. The van der Waals surface area contributed by atoms with E-state index < -0.39 is 0 Å². The van der Waals surface area contributed by atoms with Crippen LogP contribution >= 0.6 is 11.8 Å². The molecule has 0 spiro atoms. The van der Waals surface area contributed by atoms with Crippen LogP contribution in [0.15, 0.2) is 29.2 Å². The Morgan fingerprint density at radius 2 is 2.06 bits per heavy atom. The first-order chi connectivity index (χ1) is 8.74. The predicted octanol–water partition coefficient (Wildman–Crippen LogP) is 2.25. The second-order valence-electron chi connectivity index (χ2n) is 4.55. The van der Waals surface area contributed by atoms with Crippen LogP contribution < -0.4 is 5.73 Å². The van der Waals surface area contributed by atoms with Crippen molar-refractivity contribution < 1.29 is 4.79 Å². The maximum atomic E-state index is 12.0. The predicted molar refractivity (Wildman–Crippen MR) is 75.5 cm³/mol. The van der Waals surface area contributed by atoms with Gasteiger partial charge in [-0.3, -0.25) is 4.79 Å². The number of carbonyl (C=O) groups is 1. The van der Waals surface area contributed by atoms with Crippen LogP contribution in [0, 0.1) is 0 Å². The molecule has 0 aromatic heterocycles. The second kappa shape index (κ2) is 6.25. The summed E-state index contributed by atoms with van der Waals surface area (Å²) < 4.78 is 0. The number of nitrogens with two attached hydrogens (primary N) is 1. The third-order valence-electron chi connectivity index (χ3n) is 3.17. The summed E-state index contributed by atoms with van der Waals surface area (Å²) in [5, 5.41) is 0. The molecule has 1 aromatic rings. The maximum Gasteiger partial charge on any atom is 0.233 e. The lowest BCUT2D eigenvalue weighted by Gasteiger charge is -2.20.